The van der Waals surface area contributed by atoms with Gasteiger partial charge in [-0.15, -0.1) is 0 Å². The molecular weight excluding hydrogens is 232 g/mol. The maximum absolute atomic E-state index is 11.7. The third-order valence-electron chi connectivity index (χ3n) is 3.25. The SMILES string of the molecule is CC(C)C[C@H](NC(=O)CNC1CCCC1)C(=O)O. The summed E-state index contributed by atoms with van der Waals surface area (Å²) in [6.07, 6.45) is 5.11. The van der Waals surface area contributed by atoms with Gasteiger partial charge in [0.25, 0.3) is 0 Å². The quantitative estimate of drug-likeness (QED) is 0.638. The van der Waals surface area contributed by atoms with Gasteiger partial charge in [-0.25, -0.2) is 4.79 Å². The Balaban J connectivity index is 2.29. The Labute approximate surface area is 108 Å². The monoisotopic (exact) mass is 256 g/mol. The van der Waals surface area contributed by atoms with E-state index in [0.717, 1.165) is 12.8 Å². The molecule has 1 amide bonds. The summed E-state index contributed by atoms with van der Waals surface area (Å²) < 4.78 is 0. The average Bonchev–Trinajstić information content (AvgIpc) is 2.77. The number of carboxylic acid groups (broad SMARTS) is 1. The lowest BCUT2D eigenvalue weighted by atomic mass is 10.0. The van der Waals surface area contributed by atoms with Crippen molar-refractivity contribution in [3.8, 4) is 0 Å². The van der Waals surface area contributed by atoms with Crippen molar-refractivity contribution in [2.24, 2.45) is 5.92 Å². The van der Waals surface area contributed by atoms with Gasteiger partial charge < -0.3 is 15.7 Å². The fraction of sp³-hybridized carbons (Fsp3) is 0.846. The molecule has 0 unspecified atom stereocenters. The number of carbonyl (C=O) groups excluding carboxylic acids is 1. The number of amides is 1. The van der Waals surface area contributed by atoms with Gasteiger partial charge in [-0.3, -0.25) is 4.79 Å². The predicted octanol–water partition coefficient (Wildman–Crippen LogP) is 1.13. The van der Waals surface area contributed by atoms with Crippen LogP contribution in [0.5, 0.6) is 0 Å². The zero-order valence-electron chi connectivity index (χ0n) is 11.2. The van der Waals surface area contributed by atoms with E-state index in [2.05, 4.69) is 10.6 Å². The fourth-order valence-corrected chi connectivity index (χ4v) is 2.31. The summed E-state index contributed by atoms with van der Waals surface area (Å²) in [5, 5.41) is 14.8. The lowest BCUT2D eigenvalue weighted by Crippen LogP contribution is -2.46. The van der Waals surface area contributed by atoms with Gasteiger partial charge in [0.2, 0.25) is 5.91 Å². The van der Waals surface area contributed by atoms with Crippen molar-refractivity contribution in [3.63, 3.8) is 0 Å². The van der Waals surface area contributed by atoms with Gasteiger partial charge in [0.05, 0.1) is 6.54 Å². The van der Waals surface area contributed by atoms with Crippen LogP contribution in [0.25, 0.3) is 0 Å². The molecule has 0 aromatic heterocycles. The van der Waals surface area contributed by atoms with E-state index >= 15 is 0 Å². The van der Waals surface area contributed by atoms with Crippen LogP contribution in [-0.4, -0.2) is 35.6 Å². The summed E-state index contributed by atoms with van der Waals surface area (Å²) in [4.78, 5) is 22.7. The van der Waals surface area contributed by atoms with E-state index in [1.54, 1.807) is 0 Å². The third kappa shape index (κ3) is 5.49. The maximum atomic E-state index is 11.7. The van der Waals surface area contributed by atoms with E-state index in [1.165, 1.54) is 12.8 Å². The molecule has 0 heterocycles. The molecular formula is C13H24N2O3. The van der Waals surface area contributed by atoms with Gasteiger partial charge in [-0.1, -0.05) is 26.7 Å². The molecule has 0 bridgehead atoms. The van der Waals surface area contributed by atoms with Gasteiger partial charge >= 0.3 is 5.97 Å². The molecule has 5 nitrogen and oxygen atoms in total. The first kappa shape index (κ1) is 15.0. The maximum Gasteiger partial charge on any atom is 0.326 e. The summed E-state index contributed by atoms with van der Waals surface area (Å²) in [5.74, 6) is -0.943. The molecule has 1 aliphatic rings. The Morgan fingerprint density at radius 3 is 2.39 bits per heavy atom. The van der Waals surface area contributed by atoms with E-state index < -0.39 is 12.0 Å². The zero-order chi connectivity index (χ0) is 13.5. The van der Waals surface area contributed by atoms with Crippen LogP contribution in [-0.2, 0) is 9.59 Å². The molecule has 1 aliphatic carbocycles. The molecule has 0 radical (unpaired) electrons. The largest absolute Gasteiger partial charge is 0.480 e. The summed E-state index contributed by atoms with van der Waals surface area (Å²) >= 11 is 0. The van der Waals surface area contributed by atoms with Crippen molar-refractivity contribution in [1.29, 1.82) is 0 Å². The Bertz CT molecular complexity index is 286. The number of carbonyl (C=O) groups is 2. The molecule has 5 heteroatoms. The second-order valence-electron chi connectivity index (χ2n) is 5.45. The Kier molecular flexibility index (Phi) is 6.12. The van der Waals surface area contributed by atoms with Crippen molar-refractivity contribution in [2.45, 2.75) is 58.0 Å². The van der Waals surface area contributed by atoms with E-state index in [1.807, 2.05) is 13.8 Å². The summed E-state index contributed by atoms with van der Waals surface area (Å²) in [6, 6.07) is -0.355. The fourth-order valence-electron chi connectivity index (χ4n) is 2.31. The van der Waals surface area contributed by atoms with Crippen LogP contribution in [0.3, 0.4) is 0 Å². The standard InChI is InChI=1S/C13H24N2O3/c1-9(2)7-11(13(17)18)15-12(16)8-14-10-5-3-4-6-10/h9-11,14H,3-8H2,1-2H3,(H,15,16)(H,17,18)/t11-/m0/s1. The Morgan fingerprint density at radius 2 is 1.89 bits per heavy atom. The summed E-state index contributed by atoms with van der Waals surface area (Å²) in [5.41, 5.74) is 0. The topological polar surface area (TPSA) is 78.4 Å². The molecule has 18 heavy (non-hydrogen) atoms. The van der Waals surface area contributed by atoms with Crippen LogP contribution in [0, 0.1) is 5.92 Å². The molecule has 0 aliphatic heterocycles. The second-order valence-corrected chi connectivity index (χ2v) is 5.45. The molecule has 3 N–H and O–H groups in total. The van der Waals surface area contributed by atoms with E-state index in [9.17, 15) is 9.59 Å². The van der Waals surface area contributed by atoms with Gasteiger partial charge in [-0.05, 0) is 25.2 Å². The lowest BCUT2D eigenvalue weighted by Gasteiger charge is -2.17. The number of hydrogen-bond acceptors (Lipinski definition) is 3. The predicted molar refractivity (Wildman–Crippen MR) is 69.3 cm³/mol. The first-order valence-corrected chi connectivity index (χ1v) is 6.74. The van der Waals surface area contributed by atoms with Crippen molar-refractivity contribution in [2.75, 3.05) is 6.54 Å². The Hall–Kier alpha value is -1.10. The van der Waals surface area contributed by atoms with Gasteiger partial charge in [0.1, 0.15) is 6.04 Å². The van der Waals surface area contributed by atoms with Crippen LogP contribution in [0.4, 0.5) is 0 Å². The van der Waals surface area contributed by atoms with E-state index in [0.29, 0.717) is 12.5 Å². The molecule has 0 aromatic carbocycles. The van der Waals surface area contributed by atoms with Crippen LogP contribution >= 0.6 is 0 Å². The molecule has 0 saturated heterocycles. The van der Waals surface area contributed by atoms with Gasteiger partial charge in [0.15, 0.2) is 0 Å². The highest BCUT2D eigenvalue weighted by Gasteiger charge is 2.21. The molecule has 104 valence electrons. The first-order valence-electron chi connectivity index (χ1n) is 6.74. The zero-order valence-corrected chi connectivity index (χ0v) is 11.2. The molecule has 0 aromatic rings. The highest BCUT2D eigenvalue weighted by atomic mass is 16.4. The average molecular weight is 256 g/mol. The normalized spacial score (nSPS) is 17.9. The third-order valence-corrected chi connectivity index (χ3v) is 3.25. The second kappa shape index (κ2) is 7.36. The van der Waals surface area contributed by atoms with Crippen molar-refractivity contribution in [3.05, 3.63) is 0 Å². The van der Waals surface area contributed by atoms with Gasteiger partial charge in [0, 0.05) is 6.04 Å². The van der Waals surface area contributed by atoms with Crippen molar-refractivity contribution < 1.29 is 14.7 Å². The molecule has 1 saturated carbocycles. The molecule has 1 atom stereocenters. The van der Waals surface area contributed by atoms with Crippen LogP contribution in [0.1, 0.15) is 46.0 Å². The molecule has 1 rings (SSSR count). The highest BCUT2D eigenvalue weighted by molar-refractivity contribution is 5.84. The number of carboxylic acids is 1. The van der Waals surface area contributed by atoms with E-state index in [-0.39, 0.29) is 18.4 Å². The van der Waals surface area contributed by atoms with Gasteiger partial charge in [-0.2, -0.15) is 0 Å². The molecule has 0 spiro atoms. The summed E-state index contributed by atoms with van der Waals surface area (Å²) in [7, 11) is 0. The minimum Gasteiger partial charge on any atom is -0.480 e. The highest BCUT2D eigenvalue weighted by Crippen LogP contribution is 2.17. The number of aliphatic carboxylic acids is 1. The first-order chi connectivity index (χ1) is 8.49. The lowest BCUT2D eigenvalue weighted by molar-refractivity contribution is -0.142. The van der Waals surface area contributed by atoms with Crippen LogP contribution < -0.4 is 10.6 Å². The Morgan fingerprint density at radius 1 is 1.28 bits per heavy atom. The van der Waals surface area contributed by atoms with Crippen molar-refractivity contribution >= 4 is 11.9 Å². The van der Waals surface area contributed by atoms with Crippen LogP contribution in [0.15, 0.2) is 0 Å². The molecule has 1 fully saturated rings. The minimum atomic E-state index is -0.960. The summed E-state index contributed by atoms with van der Waals surface area (Å²) in [6.45, 7) is 4.10. The number of rotatable bonds is 7. The van der Waals surface area contributed by atoms with Crippen molar-refractivity contribution in [1.82, 2.24) is 10.6 Å². The van der Waals surface area contributed by atoms with E-state index in [4.69, 9.17) is 5.11 Å². The number of hydrogen-bond donors (Lipinski definition) is 3. The number of nitrogens with one attached hydrogen (secondary N) is 2. The van der Waals surface area contributed by atoms with Crippen LogP contribution in [0.2, 0.25) is 0 Å². The minimum absolute atomic E-state index is 0.215. The smallest absolute Gasteiger partial charge is 0.326 e.